The Hall–Kier alpha value is -3.77. The summed E-state index contributed by atoms with van der Waals surface area (Å²) in [5.41, 5.74) is 0.766. The third-order valence-electron chi connectivity index (χ3n) is 7.88. The second kappa shape index (κ2) is 13.9. The Morgan fingerprint density at radius 3 is 2.41 bits per heavy atom. The number of carbonyl (C=O) groups excluding carboxylic acids is 1. The minimum absolute atomic E-state index is 0.0361. The van der Waals surface area contributed by atoms with Crippen LogP contribution >= 0.6 is 0 Å². The first-order valence-electron chi connectivity index (χ1n) is 14.2. The zero-order valence-corrected chi connectivity index (χ0v) is 24.5. The van der Waals surface area contributed by atoms with Gasteiger partial charge in [0.15, 0.2) is 29.3 Å². The van der Waals surface area contributed by atoms with Crippen LogP contribution in [0.2, 0.25) is 0 Å². The van der Waals surface area contributed by atoms with Crippen molar-refractivity contribution in [3.63, 3.8) is 0 Å². The van der Waals surface area contributed by atoms with Crippen LogP contribution in [0, 0.1) is 11.6 Å². The number of hydrogen-bond acceptors (Lipinski definition) is 12. The van der Waals surface area contributed by atoms with E-state index in [0.717, 1.165) is 12.1 Å². The molecule has 16 heteroatoms. The summed E-state index contributed by atoms with van der Waals surface area (Å²) >= 11 is 0. The first-order valence-corrected chi connectivity index (χ1v) is 14.2. The van der Waals surface area contributed by atoms with Gasteiger partial charge in [0, 0.05) is 5.57 Å². The number of halogens is 3. The molecule has 5 rings (SSSR count). The number of ether oxygens (including phenoxy) is 4. The first kappa shape index (κ1) is 33.6. The Morgan fingerprint density at radius 2 is 1.72 bits per heavy atom. The van der Waals surface area contributed by atoms with E-state index < -0.39 is 84.5 Å². The lowest BCUT2D eigenvalue weighted by molar-refractivity contribution is -0.155. The topological polar surface area (TPSA) is 189 Å². The van der Waals surface area contributed by atoms with Gasteiger partial charge in [0.25, 0.3) is 0 Å². The van der Waals surface area contributed by atoms with Gasteiger partial charge in [-0.15, -0.1) is 0 Å². The molecule has 2 heterocycles. The summed E-state index contributed by atoms with van der Waals surface area (Å²) in [6, 6.07) is 5.87. The van der Waals surface area contributed by atoms with Crippen LogP contribution in [-0.4, -0.2) is 105 Å². The van der Waals surface area contributed by atoms with E-state index >= 15 is 0 Å². The van der Waals surface area contributed by atoms with Crippen molar-refractivity contribution in [1.82, 2.24) is 5.32 Å². The number of benzene rings is 2. The Balaban J connectivity index is 1.18. The van der Waals surface area contributed by atoms with E-state index in [-0.39, 0.29) is 36.0 Å². The molecule has 0 spiro atoms. The second-order valence-electron chi connectivity index (χ2n) is 11.1. The zero-order valence-electron chi connectivity index (χ0n) is 24.5. The molecule has 2 aromatic rings. The quantitative estimate of drug-likeness (QED) is 0.127. The first-order chi connectivity index (χ1) is 21.8. The van der Waals surface area contributed by atoms with Crippen LogP contribution in [0.4, 0.5) is 13.2 Å². The van der Waals surface area contributed by atoms with Crippen LogP contribution < -0.4 is 10.1 Å². The molecule has 2 aromatic carbocycles. The molecule has 1 aliphatic carbocycles. The van der Waals surface area contributed by atoms with Crippen molar-refractivity contribution in [2.45, 2.75) is 81.7 Å². The fourth-order valence-electron chi connectivity index (χ4n) is 5.34. The highest BCUT2D eigenvalue weighted by atomic mass is 19.2. The van der Waals surface area contributed by atoms with E-state index in [1.54, 1.807) is 0 Å². The van der Waals surface area contributed by atoms with Gasteiger partial charge in [0.05, 0.1) is 11.8 Å². The highest BCUT2D eigenvalue weighted by Crippen LogP contribution is 2.34. The van der Waals surface area contributed by atoms with Crippen LogP contribution in [-0.2, 0) is 30.4 Å². The number of nitrogens with zero attached hydrogens (tertiary/aromatic N) is 1. The van der Waals surface area contributed by atoms with Gasteiger partial charge in [-0.05, 0) is 55.3 Å². The van der Waals surface area contributed by atoms with Crippen molar-refractivity contribution >= 4 is 17.7 Å². The van der Waals surface area contributed by atoms with Crippen molar-refractivity contribution in [2.24, 2.45) is 5.16 Å². The van der Waals surface area contributed by atoms with Crippen LogP contribution in [0.15, 0.2) is 47.1 Å². The molecule has 3 fully saturated rings. The molecular weight excluding hydrogens is 621 g/mol. The van der Waals surface area contributed by atoms with Gasteiger partial charge in [-0.1, -0.05) is 17.3 Å². The predicted octanol–water partition coefficient (Wildman–Crippen LogP) is 0.792. The summed E-state index contributed by atoms with van der Waals surface area (Å²) in [5, 5.41) is 58.4. The molecule has 0 unspecified atom stereocenters. The number of nitrogens with one attached hydrogen (secondary N) is 1. The molecule has 250 valence electrons. The summed E-state index contributed by atoms with van der Waals surface area (Å²) in [7, 11) is 0. The number of oxime groups is 1. The number of aromatic hydroxyl groups is 1. The number of amides is 1. The molecule has 10 atom stereocenters. The third-order valence-corrected chi connectivity index (χ3v) is 7.88. The minimum Gasteiger partial charge on any atom is -0.504 e. The second-order valence-corrected chi connectivity index (χ2v) is 11.1. The maximum atomic E-state index is 14.9. The van der Waals surface area contributed by atoms with Gasteiger partial charge < -0.3 is 54.6 Å². The molecule has 0 bridgehead atoms. The average molecular weight is 655 g/mol. The highest BCUT2D eigenvalue weighted by molar-refractivity contribution is 5.97. The lowest BCUT2D eigenvalue weighted by Crippen LogP contribution is -2.67. The number of aliphatic hydroxyl groups is 4. The maximum absolute atomic E-state index is 14.9. The Kier molecular flexibility index (Phi) is 10.2. The molecule has 0 aromatic heterocycles. The van der Waals surface area contributed by atoms with E-state index in [4.69, 9.17) is 23.8 Å². The lowest BCUT2D eigenvalue weighted by Gasteiger charge is -2.41. The molecule has 2 saturated heterocycles. The number of aliphatic hydroxyl groups excluding tert-OH is 4. The molecule has 2 aliphatic heterocycles. The number of phenolic OH excluding ortho intramolecular Hbond substituents is 1. The van der Waals surface area contributed by atoms with E-state index in [1.165, 1.54) is 44.2 Å². The van der Waals surface area contributed by atoms with Crippen molar-refractivity contribution in [2.75, 3.05) is 6.79 Å². The number of carbonyl (C=O) groups is 1. The SMILES string of the molecule is CC(=Cc1ccc(O[C@@H]2O[C@H](C(C)=NOCc3ccc(F)c(F)c3)[C@@H](O)[C@@H]2F)c(O)c1)C(=O)N[C@@H]1[C@H](O)[C@@H](O)[C@H]2OCO[C@H]2[C@@H]1O. The summed E-state index contributed by atoms with van der Waals surface area (Å²) < 4.78 is 62.7. The summed E-state index contributed by atoms with van der Waals surface area (Å²) in [5.74, 6) is -3.40. The summed E-state index contributed by atoms with van der Waals surface area (Å²) in [6.45, 7) is 2.44. The number of hydrogen-bond donors (Lipinski definition) is 6. The van der Waals surface area contributed by atoms with Crippen molar-refractivity contribution in [3.05, 3.63) is 64.7 Å². The van der Waals surface area contributed by atoms with Gasteiger partial charge in [0.2, 0.25) is 12.2 Å². The number of rotatable bonds is 9. The maximum Gasteiger partial charge on any atom is 0.247 e. The van der Waals surface area contributed by atoms with Gasteiger partial charge in [0.1, 0.15) is 56.1 Å². The Bertz CT molecular complexity index is 1490. The van der Waals surface area contributed by atoms with Gasteiger partial charge in [-0.2, -0.15) is 0 Å². The van der Waals surface area contributed by atoms with E-state index in [1.807, 2.05) is 0 Å². The normalized spacial score (nSPS) is 33.1. The van der Waals surface area contributed by atoms with Gasteiger partial charge in [-0.3, -0.25) is 4.79 Å². The molecule has 13 nitrogen and oxygen atoms in total. The fraction of sp³-hybridized carbons (Fsp3) is 0.467. The summed E-state index contributed by atoms with van der Waals surface area (Å²) in [6.07, 6.45) is -11.4. The highest BCUT2D eigenvalue weighted by Gasteiger charge is 2.53. The molecule has 1 amide bonds. The third kappa shape index (κ3) is 6.97. The largest absolute Gasteiger partial charge is 0.504 e. The molecule has 46 heavy (non-hydrogen) atoms. The zero-order chi connectivity index (χ0) is 33.3. The Morgan fingerprint density at radius 1 is 1.00 bits per heavy atom. The molecule has 3 aliphatic rings. The number of phenols is 1. The fourth-order valence-corrected chi connectivity index (χ4v) is 5.34. The van der Waals surface area contributed by atoms with Gasteiger partial charge >= 0.3 is 0 Å². The van der Waals surface area contributed by atoms with Crippen molar-refractivity contribution in [3.8, 4) is 11.5 Å². The average Bonchev–Trinajstić information content (AvgIpc) is 3.62. The lowest BCUT2D eigenvalue weighted by atomic mass is 9.83. The molecular formula is C30H33F3N2O11. The predicted molar refractivity (Wildman–Crippen MR) is 151 cm³/mol. The van der Waals surface area contributed by atoms with E-state index in [0.29, 0.717) is 5.56 Å². The standard InChI is InChI=1S/C30H33F3N2O11/c1-12(29(41)34-21-23(38)25(40)28-27(24(21)39)42-11-43-28)7-14-4-6-19(18(36)9-14)45-30-20(33)22(37)26(46-30)13(2)35-44-10-15-3-5-16(31)17(32)8-15/h3-9,20-28,30,36-40H,10-11H2,1-2H3,(H,34,41)/t20-,21+,22-,23-,24+,25+,26+,27-,28+,30+/m0/s1. The smallest absolute Gasteiger partial charge is 0.247 e. The summed E-state index contributed by atoms with van der Waals surface area (Å²) in [4.78, 5) is 17.9. The van der Waals surface area contributed by atoms with Crippen molar-refractivity contribution < 1.29 is 67.3 Å². The number of fused-ring (bicyclic) bond motifs is 1. The van der Waals surface area contributed by atoms with Crippen LogP contribution in [0.3, 0.4) is 0 Å². The van der Waals surface area contributed by atoms with Gasteiger partial charge in [-0.25, -0.2) is 13.2 Å². The monoisotopic (exact) mass is 654 g/mol. The van der Waals surface area contributed by atoms with Crippen molar-refractivity contribution in [1.29, 1.82) is 0 Å². The van der Waals surface area contributed by atoms with Crippen LogP contribution in [0.25, 0.3) is 6.08 Å². The molecule has 1 saturated carbocycles. The number of alkyl halides is 1. The molecule has 0 radical (unpaired) electrons. The van der Waals surface area contributed by atoms with E-state index in [9.17, 15) is 43.5 Å². The van der Waals surface area contributed by atoms with E-state index in [2.05, 4.69) is 10.5 Å². The Labute approximate surface area is 260 Å². The molecule has 6 N–H and O–H groups in total. The van der Waals surface area contributed by atoms with Crippen LogP contribution in [0.5, 0.6) is 11.5 Å². The minimum atomic E-state index is -2.05. The van der Waals surface area contributed by atoms with Crippen LogP contribution in [0.1, 0.15) is 25.0 Å².